The molecule has 1 saturated heterocycles. The fraction of sp³-hybridized carbons (Fsp3) is 0.286. The van der Waals surface area contributed by atoms with Gasteiger partial charge in [-0.1, -0.05) is 41.9 Å². The van der Waals surface area contributed by atoms with E-state index in [1.165, 1.54) is 0 Å². The van der Waals surface area contributed by atoms with Gasteiger partial charge in [0.15, 0.2) is 5.78 Å². The van der Waals surface area contributed by atoms with Gasteiger partial charge < -0.3 is 15.4 Å². The zero-order valence-electron chi connectivity index (χ0n) is 14.9. The van der Waals surface area contributed by atoms with Crippen molar-refractivity contribution in [3.63, 3.8) is 0 Å². The Balaban J connectivity index is 1.69. The molecule has 0 bridgehead atoms. The Hall–Kier alpha value is -2.18. The predicted molar refractivity (Wildman–Crippen MR) is 107 cm³/mol. The van der Waals surface area contributed by atoms with Gasteiger partial charge in [-0.3, -0.25) is 9.69 Å². The predicted octanol–water partition coefficient (Wildman–Crippen LogP) is 3.01. The van der Waals surface area contributed by atoms with E-state index in [4.69, 9.17) is 11.6 Å². The fourth-order valence-corrected chi connectivity index (χ4v) is 3.92. The molecule has 5 nitrogen and oxygen atoms in total. The number of fused-ring (bicyclic) bond motifs is 1. The Kier molecular flexibility index (Phi) is 5.27. The first-order valence-corrected chi connectivity index (χ1v) is 9.51. The number of hydrogen-bond donors (Lipinski definition) is 3. The highest BCUT2D eigenvalue weighted by Crippen LogP contribution is 2.30. The lowest BCUT2D eigenvalue weighted by atomic mass is 9.93. The second-order valence-corrected chi connectivity index (χ2v) is 7.28. The number of aliphatic hydroxyl groups excluding tert-OH is 1. The third-order valence-electron chi connectivity index (χ3n) is 5.18. The quantitative estimate of drug-likeness (QED) is 0.592. The van der Waals surface area contributed by atoms with E-state index in [9.17, 15) is 9.90 Å². The second-order valence-electron chi connectivity index (χ2n) is 6.84. The first-order chi connectivity index (χ1) is 13.1. The maximum absolute atomic E-state index is 13.2. The van der Waals surface area contributed by atoms with Crippen molar-refractivity contribution in [1.29, 1.82) is 0 Å². The summed E-state index contributed by atoms with van der Waals surface area (Å²) in [5, 5.41) is 15.9. The third kappa shape index (κ3) is 3.64. The van der Waals surface area contributed by atoms with Gasteiger partial charge in [-0.2, -0.15) is 0 Å². The maximum atomic E-state index is 13.2. The molecule has 1 aliphatic rings. The molecule has 3 aromatic rings. The molecule has 1 aliphatic heterocycles. The van der Waals surface area contributed by atoms with Gasteiger partial charge in [-0.15, -0.1) is 0 Å². The number of nitrogens with zero attached hydrogens (tertiary/aromatic N) is 1. The topological polar surface area (TPSA) is 68.4 Å². The van der Waals surface area contributed by atoms with Crippen molar-refractivity contribution < 1.29 is 9.90 Å². The molecule has 27 heavy (non-hydrogen) atoms. The zero-order chi connectivity index (χ0) is 18.8. The van der Waals surface area contributed by atoms with Gasteiger partial charge in [0.2, 0.25) is 0 Å². The average Bonchev–Trinajstić information content (AvgIpc) is 3.14. The summed E-state index contributed by atoms with van der Waals surface area (Å²) in [4.78, 5) is 18.5. The zero-order valence-corrected chi connectivity index (χ0v) is 15.6. The van der Waals surface area contributed by atoms with E-state index in [-0.39, 0.29) is 5.78 Å². The summed E-state index contributed by atoms with van der Waals surface area (Å²) in [6.45, 7) is 3.20. The molecule has 3 N–H and O–H groups in total. The lowest BCUT2D eigenvalue weighted by Gasteiger charge is -2.37. The first kappa shape index (κ1) is 18.2. The molecule has 0 saturated carbocycles. The number of halogens is 1. The summed E-state index contributed by atoms with van der Waals surface area (Å²) < 4.78 is 0. The van der Waals surface area contributed by atoms with Gasteiger partial charge in [-0.25, -0.2) is 0 Å². The van der Waals surface area contributed by atoms with Crippen LogP contribution in [0.1, 0.15) is 22.0 Å². The molecular formula is C21H22ClN3O2. The van der Waals surface area contributed by atoms with Gasteiger partial charge in [0.1, 0.15) is 6.10 Å². The largest absolute Gasteiger partial charge is 0.383 e. The van der Waals surface area contributed by atoms with Gasteiger partial charge >= 0.3 is 0 Å². The number of aromatic nitrogens is 1. The number of carbonyl (C=O) groups excluding carboxylic acids is 1. The molecule has 140 valence electrons. The number of aromatic amines is 1. The molecule has 1 fully saturated rings. The summed E-state index contributed by atoms with van der Waals surface area (Å²) in [6, 6.07) is 14.6. The minimum absolute atomic E-state index is 0.272. The number of aliphatic hydroxyl groups is 1. The molecule has 2 aromatic carbocycles. The maximum Gasteiger partial charge on any atom is 0.195 e. The Morgan fingerprint density at radius 1 is 1.07 bits per heavy atom. The molecule has 0 amide bonds. The fourth-order valence-electron chi connectivity index (χ4n) is 3.79. The van der Waals surface area contributed by atoms with Crippen molar-refractivity contribution in [2.24, 2.45) is 0 Å². The average molecular weight is 384 g/mol. The van der Waals surface area contributed by atoms with Crippen molar-refractivity contribution in [2.75, 3.05) is 26.2 Å². The molecule has 1 aromatic heterocycles. The minimum Gasteiger partial charge on any atom is -0.383 e. The number of rotatable bonds is 5. The molecule has 0 spiro atoms. The number of carbonyl (C=O) groups is 1. The number of H-pyrrole nitrogens is 1. The van der Waals surface area contributed by atoms with Crippen molar-refractivity contribution in [3.8, 4) is 0 Å². The van der Waals surface area contributed by atoms with Crippen LogP contribution in [0.25, 0.3) is 10.9 Å². The highest BCUT2D eigenvalue weighted by atomic mass is 35.5. The van der Waals surface area contributed by atoms with Crippen molar-refractivity contribution in [1.82, 2.24) is 15.2 Å². The Morgan fingerprint density at radius 3 is 2.52 bits per heavy atom. The molecule has 6 heteroatoms. The van der Waals surface area contributed by atoms with Gasteiger partial charge in [-0.05, 0) is 23.8 Å². The summed E-state index contributed by atoms with van der Waals surface area (Å²) in [5.74, 6) is -0.272. The van der Waals surface area contributed by atoms with Crippen LogP contribution in [0.15, 0.2) is 54.7 Å². The molecular weight excluding hydrogens is 362 g/mol. The van der Waals surface area contributed by atoms with E-state index < -0.39 is 12.1 Å². The van der Waals surface area contributed by atoms with E-state index in [0.717, 1.165) is 42.6 Å². The number of hydrogen-bond acceptors (Lipinski definition) is 4. The lowest BCUT2D eigenvalue weighted by molar-refractivity contribution is 0.0346. The molecule has 0 unspecified atom stereocenters. The van der Waals surface area contributed by atoms with Gasteiger partial charge in [0.25, 0.3) is 0 Å². The highest BCUT2D eigenvalue weighted by molar-refractivity contribution is 6.30. The molecule has 2 atom stereocenters. The number of ketones is 1. The standard InChI is InChI=1S/C21H22ClN3O2/c22-15-7-5-14(6-8-15)19(25-11-9-23-10-12-25)21(27)20(26)17-13-24-18-4-2-1-3-16(17)18/h1-8,13,19,21,23-24,27H,9-12H2/t19-,21-/m0/s1. The van der Waals surface area contributed by atoms with Crippen LogP contribution in [-0.4, -0.2) is 53.1 Å². The van der Waals surface area contributed by atoms with Crippen LogP contribution < -0.4 is 5.32 Å². The first-order valence-electron chi connectivity index (χ1n) is 9.14. The normalized spacial score (nSPS) is 17.7. The number of nitrogens with one attached hydrogen (secondary N) is 2. The summed E-state index contributed by atoms with van der Waals surface area (Å²) in [6.07, 6.45) is 0.524. The van der Waals surface area contributed by atoms with E-state index in [0.29, 0.717) is 10.6 Å². The molecule has 0 aliphatic carbocycles. The van der Waals surface area contributed by atoms with Crippen LogP contribution in [0.5, 0.6) is 0 Å². The van der Waals surface area contributed by atoms with E-state index >= 15 is 0 Å². The SMILES string of the molecule is O=C(c1c[nH]c2ccccc12)[C@@H](O)[C@H](c1ccc(Cl)cc1)N1CCNCC1. The second kappa shape index (κ2) is 7.82. The summed E-state index contributed by atoms with van der Waals surface area (Å²) >= 11 is 6.03. The highest BCUT2D eigenvalue weighted by Gasteiger charge is 2.34. The van der Waals surface area contributed by atoms with Crippen LogP contribution in [0.3, 0.4) is 0 Å². The lowest BCUT2D eigenvalue weighted by Crippen LogP contribution is -2.49. The number of para-hydroxylation sites is 1. The number of benzene rings is 2. The van der Waals surface area contributed by atoms with Gasteiger partial charge in [0.05, 0.1) is 6.04 Å². The van der Waals surface area contributed by atoms with E-state index in [2.05, 4.69) is 15.2 Å². The van der Waals surface area contributed by atoms with Crippen molar-refractivity contribution >= 4 is 28.3 Å². The van der Waals surface area contributed by atoms with Crippen molar-refractivity contribution in [2.45, 2.75) is 12.1 Å². The van der Waals surface area contributed by atoms with E-state index in [1.54, 1.807) is 18.3 Å². The number of piperazine rings is 1. The third-order valence-corrected chi connectivity index (χ3v) is 5.43. The van der Waals surface area contributed by atoms with Crippen LogP contribution in [-0.2, 0) is 0 Å². The van der Waals surface area contributed by atoms with Crippen LogP contribution in [0.4, 0.5) is 0 Å². The van der Waals surface area contributed by atoms with Crippen LogP contribution in [0.2, 0.25) is 5.02 Å². The van der Waals surface area contributed by atoms with Gasteiger partial charge in [0, 0.05) is 53.9 Å². The Labute approximate surface area is 162 Å². The minimum atomic E-state index is -1.16. The van der Waals surface area contributed by atoms with Crippen molar-refractivity contribution in [3.05, 3.63) is 70.9 Å². The Morgan fingerprint density at radius 2 is 1.78 bits per heavy atom. The molecule has 0 radical (unpaired) electrons. The van der Waals surface area contributed by atoms with Crippen LogP contribution >= 0.6 is 11.6 Å². The molecule has 4 rings (SSSR count). The van der Waals surface area contributed by atoms with E-state index in [1.807, 2.05) is 36.4 Å². The summed E-state index contributed by atoms with van der Waals surface area (Å²) in [5.41, 5.74) is 2.30. The van der Waals surface area contributed by atoms with Crippen LogP contribution in [0, 0.1) is 0 Å². The smallest absolute Gasteiger partial charge is 0.195 e. The monoisotopic (exact) mass is 383 g/mol. The molecule has 2 heterocycles. The summed E-state index contributed by atoms with van der Waals surface area (Å²) in [7, 11) is 0. The number of Topliss-reactive ketones (excluding diaryl/α,β-unsaturated/α-hetero) is 1. The Bertz CT molecular complexity index is 932.